The Kier molecular flexibility index (Phi) is 4.26. The Bertz CT molecular complexity index is 393. The summed E-state index contributed by atoms with van der Waals surface area (Å²) in [6, 6.07) is 4.90. The molecule has 1 aromatic heterocycles. The van der Waals surface area contributed by atoms with Crippen molar-refractivity contribution in [1.29, 1.82) is 0 Å². The molecule has 0 atom stereocenters. The Morgan fingerprint density at radius 2 is 2.12 bits per heavy atom. The van der Waals surface area contributed by atoms with Gasteiger partial charge >= 0.3 is 5.97 Å². The lowest BCUT2D eigenvalue weighted by Crippen LogP contribution is -2.13. The van der Waals surface area contributed by atoms with Gasteiger partial charge in [-0.2, -0.15) is 0 Å². The fourth-order valence-corrected chi connectivity index (χ4v) is 1.13. The molecule has 4 N–H and O–H groups in total. The van der Waals surface area contributed by atoms with E-state index in [1.165, 1.54) is 0 Å². The number of amides is 1. The first-order valence-electron chi connectivity index (χ1n) is 4.82. The summed E-state index contributed by atoms with van der Waals surface area (Å²) in [7, 11) is 0. The third-order valence-electron chi connectivity index (χ3n) is 1.83. The van der Waals surface area contributed by atoms with Gasteiger partial charge in [-0.15, -0.1) is 0 Å². The quantitative estimate of drug-likeness (QED) is 0.686. The molecular formula is C10H13N3O3. The molecule has 0 aliphatic rings. The minimum Gasteiger partial charge on any atom is -0.481 e. The van der Waals surface area contributed by atoms with Gasteiger partial charge in [0.25, 0.3) is 0 Å². The van der Waals surface area contributed by atoms with Crippen LogP contribution in [0.2, 0.25) is 0 Å². The summed E-state index contributed by atoms with van der Waals surface area (Å²) in [5.74, 6) is -0.474. The van der Waals surface area contributed by atoms with Crippen LogP contribution in [0.3, 0.4) is 0 Å². The van der Waals surface area contributed by atoms with Crippen molar-refractivity contribution in [2.45, 2.75) is 19.3 Å². The van der Waals surface area contributed by atoms with Gasteiger partial charge in [0.2, 0.25) is 5.91 Å². The number of carbonyl (C=O) groups excluding carboxylic acids is 1. The number of rotatable bonds is 5. The summed E-state index contributed by atoms with van der Waals surface area (Å²) in [4.78, 5) is 25.4. The van der Waals surface area contributed by atoms with Crippen LogP contribution in [-0.4, -0.2) is 22.0 Å². The average Bonchev–Trinajstić information content (AvgIpc) is 2.16. The first kappa shape index (κ1) is 12.0. The van der Waals surface area contributed by atoms with E-state index in [1.54, 1.807) is 18.2 Å². The van der Waals surface area contributed by atoms with Crippen LogP contribution in [0.15, 0.2) is 18.2 Å². The van der Waals surface area contributed by atoms with Crippen LogP contribution in [-0.2, 0) is 9.59 Å². The maximum Gasteiger partial charge on any atom is 0.303 e. The van der Waals surface area contributed by atoms with E-state index in [1.807, 2.05) is 0 Å². The number of carboxylic acids is 1. The van der Waals surface area contributed by atoms with E-state index in [0.29, 0.717) is 18.1 Å². The lowest BCUT2D eigenvalue weighted by Gasteiger charge is -2.03. The maximum absolute atomic E-state index is 11.3. The zero-order valence-corrected chi connectivity index (χ0v) is 8.64. The smallest absolute Gasteiger partial charge is 0.303 e. The molecule has 0 saturated carbocycles. The molecule has 0 spiro atoms. The maximum atomic E-state index is 11.3. The lowest BCUT2D eigenvalue weighted by atomic mass is 10.2. The number of nitrogens with zero attached hydrogens (tertiary/aromatic N) is 1. The molecule has 0 aliphatic heterocycles. The van der Waals surface area contributed by atoms with Crippen molar-refractivity contribution in [2.24, 2.45) is 0 Å². The second-order valence-electron chi connectivity index (χ2n) is 3.24. The first-order chi connectivity index (χ1) is 7.58. The van der Waals surface area contributed by atoms with Gasteiger partial charge in [-0.1, -0.05) is 6.07 Å². The summed E-state index contributed by atoms with van der Waals surface area (Å²) >= 11 is 0. The van der Waals surface area contributed by atoms with E-state index >= 15 is 0 Å². The van der Waals surface area contributed by atoms with Crippen molar-refractivity contribution >= 4 is 23.5 Å². The second-order valence-corrected chi connectivity index (χ2v) is 3.24. The molecule has 0 unspecified atom stereocenters. The van der Waals surface area contributed by atoms with E-state index in [0.717, 1.165) is 0 Å². The average molecular weight is 223 g/mol. The van der Waals surface area contributed by atoms with Gasteiger partial charge in [0.05, 0.1) is 0 Å². The number of aromatic nitrogens is 1. The molecule has 6 nitrogen and oxygen atoms in total. The molecular weight excluding hydrogens is 210 g/mol. The molecule has 0 bridgehead atoms. The predicted molar refractivity (Wildman–Crippen MR) is 58.8 cm³/mol. The zero-order chi connectivity index (χ0) is 12.0. The van der Waals surface area contributed by atoms with Crippen LogP contribution < -0.4 is 11.1 Å². The first-order valence-corrected chi connectivity index (χ1v) is 4.82. The topological polar surface area (TPSA) is 105 Å². The van der Waals surface area contributed by atoms with Gasteiger partial charge in [-0.25, -0.2) is 4.98 Å². The Labute approximate surface area is 92.5 Å². The summed E-state index contributed by atoms with van der Waals surface area (Å²) < 4.78 is 0. The number of pyridine rings is 1. The standard InChI is InChI=1S/C10H13N3O3/c11-7-3-1-4-8(12-7)13-9(14)5-2-6-10(15)16/h1,3-4H,2,5-6H2,(H,15,16)(H3,11,12,13,14). The molecule has 1 amide bonds. The van der Waals surface area contributed by atoms with E-state index in [4.69, 9.17) is 10.8 Å². The fraction of sp³-hybridized carbons (Fsp3) is 0.300. The molecule has 1 heterocycles. The van der Waals surface area contributed by atoms with Crippen LogP contribution in [0, 0.1) is 0 Å². The van der Waals surface area contributed by atoms with Gasteiger partial charge < -0.3 is 16.2 Å². The lowest BCUT2D eigenvalue weighted by molar-refractivity contribution is -0.137. The van der Waals surface area contributed by atoms with Crippen LogP contribution >= 0.6 is 0 Å². The van der Waals surface area contributed by atoms with Gasteiger partial charge in [0, 0.05) is 12.8 Å². The highest BCUT2D eigenvalue weighted by Gasteiger charge is 2.05. The second kappa shape index (κ2) is 5.69. The summed E-state index contributed by atoms with van der Waals surface area (Å²) in [5.41, 5.74) is 5.43. The van der Waals surface area contributed by atoms with Crippen molar-refractivity contribution in [3.63, 3.8) is 0 Å². The number of anilines is 2. The van der Waals surface area contributed by atoms with Gasteiger partial charge in [0.1, 0.15) is 11.6 Å². The predicted octanol–water partition coefficient (Wildman–Crippen LogP) is 0.857. The Morgan fingerprint density at radius 1 is 1.38 bits per heavy atom. The van der Waals surface area contributed by atoms with Crippen molar-refractivity contribution in [2.75, 3.05) is 11.1 Å². The molecule has 86 valence electrons. The molecule has 0 aliphatic carbocycles. The van der Waals surface area contributed by atoms with E-state index < -0.39 is 5.97 Å². The summed E-state index contributed by atoms with van der Waals surface area (Å²) in [5, 5.41) is 10.9. The van der Waals surface area contributed by atoms with Gasteiger partial charge in [-0.05, 0) is 18.6 Å². The van der Waals surface area contributed by atoms with E-state index in [-0.39, 0.29) is 18.7 Å². The number of hydrogen-bond acceptors (Lipinski definition) is 4. The highest BCUT2D eigenvalue weighted by atomic mass is 16.4. The van der Waals surface area contributed by atoms with Crippen molar-refractivity contribution in [3.05, 3.63) is 18.2 Å². The number of nitrogens with two attached hydrogens (primary N) is 1. The number of aliphatic carboxylic acids is 1. The van der Waals surface area contributed by atoms with E-state index in [2.05, 4.69) is 10.3 Å². The largest absolute Gasteiger partial charge is 0.481 e. The molecule has 0 radical (unpaired) electrons. The van der Waals surface area contributed by atoms with Crippen molar-refractivity contribution in [3.8, 4) is 0 Å². The Balaban J connectivity index is 2.37. The SMILES string of the molecule is Nc1cccc(NC(=O)CCCC(=O)O)n1. The molecule has 1 rings (SSSR count). The minimum absolute atomic E-state index is 0.0161. The Hall–Kier alpha value is -2.11. The normalized spacial score (nSPS) is 9.75. The van der Waals surface area contributed by atoms with Crippen LogP contribution in [0.25, 0.3) is 0 Å². The highest BCUT2D eigenvalue weighted by molar-refractivity contribution is 5.90. The highest BCUT2D eigenvalue weighted by Crippen LogP contribution is 2.07. The molecule has 0 fully saturated rings. The molecule has 6 heteroatoms. The van der Waals surface area contributed by atoms with Crippen molar-refractivity contribution < 1.29 is 14.7 Å². The van der Waals surface area contributed by atoms with Crippen molar-refractivity contribution in [1.82, 2.24) is 4.98 Å². The van der Waals surface area contributed by atoms with Gasteiger partial charge in [0.15, 0.2) is 0 Å². The van der Waals surface area contributed by atoms with Gasteiger partial charge in [-0.3, -0.25) is 9.59 Å². The minimum atomic E-state index is -0.908. The monoisotopic (exact) mass is 223 g/mol. The molecule has 1 aromatic rings. The number of nitrogen functional groups attached to an aromatic ring is 1. The fourth-order valence-electron chi connectivity index (χ4n) is 1.13. The molecule has 0 saturated heterocycles. The number of carbonyl (C=O) groups is 2. The van der Waals surface area contributed by atoms with Crippen LogP contribution in [0.1, 0.15) is 19.3 Å². The molecule has 0 aromatic carbocycles. The molecule has 16 heavy (non-hydrogen) atoms. The third-order valence-corrected chi connectivity index (χ3v) is 1.83. The Morgan fingerprint density at radius 3 is 2.75 bits per heavy atom. The van der Waals surface area contributed by atoms with Crippen LogP contribution in [0.5, 0.6) is 0 Å². The number of nitrogens with one attached hydrogen (secondary N) is 1. The van der Waals surface area contributed by atoms with Crippen LogP contribution in [0.4, 0.5) is 11.6 Å². The number of carboxylic acid groups (broad SMARTS) is 1. The third kappa shape index (κ3) is 4.41. The summed E-state index contributed by atoms with van der Waals surface area (Å²) in [6.45, 7) is 0. The zero-order valence-electron chi connectivity index (χ0n) is 8.64. The van der Waals surface area contributed by atoms with E-state index in [9.17, 15) is 9.59 Å². The summed E-state index contributed by atoms with van der Waals surface area (Å²) in [6.07, 6.45) is 0.448. The number of hydrogen-bond donors (Lipinski definition) is 3.